The van der Waals surface area contributed by atoms with Crippen LogP contribution in [0.1, 0.15) is 47.8 Å². The number of carbonyl (C=O) groups excluding carboxylic acids is 2. The fraction of sp³-hybridized carbons (Fsp3) is 0.250. The number of ether oxygens (including phenoxy) is 3. The molecular formula is C24H26O6. The van der Waals surface area contributed by atoms with Gasteiger partial charge in [0.2, 0.25) is 0 Å². The first-order valence-electron chi connectivity index (χ1n) is 9.37. The predicted octanol–water partition coefficient (Wildman–Crippen LogP) is 4.79. The lowest BCUT2D eigenvalue weighted by Gasteiger charge is -2.15. The van der Waals surface area contributed by atoms with Crippen LogP contribution in [0.2, 0.25) is 0 Å². The lowest BCUT2D eigenvalue weighted by Crippen LogP contribution is -2.07. The van der Waals surface area contributed by atoms with Gasteiger partial charge < -0.3 is 19.3 Å². The predicted molar refractivity (Wildman–Crippen MR) is 116 cm³/mol. The van der Waals surface area contributed by atoms with Gasteiger partial charge >= 0.3 is 11.9 Å². The molecule has 0 aromatic heterocycles. The van der Waals surface area contributed by atoms with Crippen LogP contribution in [0.15, 0.2) is 42.0 Å². The summed E-state index contributed by atoms with van der Waals surface area (Å²) in [5.41, 5.74) is 2.94. The molecule has 2 rings (SSSR count). The minimum Gasteiger partial charge on any atom is -0.507 e. The number of allylic oxidation sites excluding steroid dienone is 2. The number of rotatable bonds is 7. The summed E-state index contributed by atoms with van der Waals surface area (Å²) < 4.78 is 15.3. The second-order valence-electron chi connectivity index (χ2n) is 6.84. The number of carbonyl (C=O) groups is 2. The highest BCUT2D eigenvalue weighted by molar-refractivity contribution is 5.98. The number of phenols is 1. The molecule has 0 aliphatic carbocycles. The van der Waals surface area contributed by atoms with Crippen LogP contribution in [-0.4, -0.2) is 31.3 Å². The lowest BCUT2D eigenvalue weighted by molar-refractivity contribution is -0.131. The monoisotopic (exact) mass is 410 g/mol. The molecule has 0 atom stereocenters. The van der Waals surface area contributed by atoms with E-state index in [1.807, 2.05) is 19.9 Å². The summed E-state index contributed by atoms with van der Waals surface area (Å²) in [5, 5.41) is 10.8. The molecule has 0 radical (unpaired) electrons. The highest BCUT2D eigenvalue weighted by Crippen LogP contribution is 2.36. The van der Waals surface area contributed by atoms with Crippen LogP contribution in [0.4, 0.5) is 0 Å². The van der Waals surface area contributed by atoms with Crippen molar-refractivity contribution in [2.45, 2.75) is 27.2 Å². The van der Waals surface area contributed by atoms with Crippen LogP contribution in [0, 0.1) is 0 Å². The van der Waals surface area contributed by atoms with Crippen molar-refractivity contribution in [3.05, 3.63) is 64.2 Å². The molecule has 0 unspecified atom stereocenters. The van der Waals surface area contributed by atoms with Crippen molar-refractivity contribution in [3.63, 3.8) is 0 Å². The zero-order valence-corrected chi connectivity index (χ0v) is 17.8. The Labute approximate surface area is 176 Å². The molecule has 158 valence electrons. The molecular weight excluding hydrogens is 384 g/mol. The Balaban J connectivity index is 2.48. The highest BCUT2D eigenvalue weighted by atomic mass is 16.5. The van der Waals surface area contributed by atoms with Gasteiger partial charge in [-0.1, -0.05) is 35.9 Å². The first-order valence-corrected chi connectivity index (χ1v) is 9.37. The van der Waals surface area contributed by atoms with Gasteiger partial charge in [-0.15, -0.1) is 0 Å². The minimum absolute atomic E-state index is 0.0724. The fourth-order valence-electron chi connectivity index (χ4n) is 2.84. The molecule has 0 saturated heterocycles. The van der Waals surface area contributed by atoms with Gasteiger partial charge in [0.25, 0.3) is 0 Å². The van der Waals surface area contributed by atoms with Gasteiger partial charge in [0.05, 0.1) is 14.2 Å². The minimum atomic E-state index is -0.640. The first kappa shape index (κ1) is 22.7. The van der Waals surface area contributed by atoms with E-state index in [0.29, 0.717) is 29.0 Å². The Morgan fingerprint density at radius 3 is 2.23 bits per heavy atom. The van der Waals surface area contributed by atoms with Crippen molar-refractivity contribution in [1.29, 1.82) is 0 Å². The van der Waals surface area contributed by atoms with Crippen molar-refractivity contribution < 1.29 is 28.9 Å². The van der Waals surface area contributed by atoms with E-state index in [0.717, 1.165) is 11.1 Å². The van der Waals surface area contributed by atoms with Crippen LogP contribution >= 0.6 is 0 Å². The second kappa shape index (κ2) is 10.3. The number of esters is 2. The summed E-state index contributed by atoms with van der Waals surface area (Å²) in [4.78, 5) is 23.4. The van der Waals surface area contributed by atoms with E-state index in [9.17, 15) is 14.7 Å². The van der Waals surface area contributed by atoms with Crippen molar-refractivity contribution in [3.8, 4) is 17.2 Å². The summed E-state index contributed by atoms with van der Waals surface area (Å²) in [7, 11) is 2.78. The third-order valence-corrected chi connectivity index (χ3v) is 4.32. The van der Waals surface area contributed by atoms with E-state index >= 15 is 0 Å². The summed E-state index contributed by atoms with van der Waals surface area (Å²) in [5.74, 6) is -0.279. The first-order chi connectivity index (χ1) is 14.3. The molecule has 2 aromatic rings. The molecule has 0 aliphatic heterocycles. The van der Waals surface area contributed by atoms with Gasteiger partial charge in [-0.05, 0) is 49.6 Å². The Bertz CT molecular complexity index is 980. The largest absolute Gasteiger partial charge is 0.507 e. The van der Waals surface area contributed by atoms with E-state index in [2.05, 4.69) is 0 Å². The highest BCUT2D eigenvalue weighted by Gasteiger charge is 2.22. The standard InChI is InChI=1S/C24H26O6/c1-15(2)6-13-20-21(28-4)14-18(22(23(20)26)24(27)29-5)10-7-17-8-11-19(12-9-17)30-16(3)25/h6-12,14,26H,13H2,1-5H3. The molecule has 0 bridgehead atoms. The Morgan fingerprint density at radius 2 is 1.70 bits per heavy atom. The molecule has 0 amide bonds. The SMILES string of the molecule is COC(=O)c1c(C=Cc2ccc(OC(C)=O)cc2)cc(OC)c(CC=C(C)C)c1O. The Kier molecular flexibility index (Phi) is 7.81. The lowest BCUT2D eigenvalue weighted by atomic mass is 9.97. The third-order valence-electron chi connectivity index (χ3n) is 4.32. The Hall–Kier alpha value is -3.54. The number of phenolic OH excluding ortho intramolecular Hbond substituents is 1. The van der Waals surface area contributed by atoms with Gasteiger partial charge in [-0.3, -0.25) is 4.79 Å². The average Bonchev–Trinajstić information content (AvgIpc) is 2.70. The van der Waals surface area contributed by atoms with Crippen molar-refractivity contribution in [2.75, 3.05) is 14.2 Å². The number of aromatic hydroxyl groups is 1. The number of benzene rings is 2. The quantitative estimate of drug-likeness (QED) is 0.306. The van der Waals surface area contributed by atoms with E-state index in [1.54, 1.807) is 42.5 Å². The molecule has 1 N–H and O–H groups in total. The van der Waals surface area contributed by atoms with Crippen molar-refractivity contribution >= 4 is 24.1 Å². The van der Waals surface area contributed by atoms with Crippen LogP contribution in [0.5, 0.6) is 17.2 Å². The third kappa shape index (κ3) is 5.73. The van der Waals surface area contributed by atoms with E-state index in [1.165, 1.54) is 21.1 Å². The van der Waals surface area contributed by atoms with Crippen molar-refractivity contribution in [2.24, 2.45) is 0 Å². The van der Waals surface area contributed by atoms with Crippen LogP contribution in [0.25, 0.3) is 12.2 Å². The number of hydrogen-bond acceptors (Lipinski definition) is 6. The normalized spacial score (nSPS) is 10.6. The van der Waals surface area contributed by atoms with Crippen LogP contribution in [-0.2, 0) is 16.0 Å². The molecule has 30 heavy (non-hydrogen) atoms. The molecule has 2 aromatic carbocycles. The molecule has 0 saturated carbocycles. The number of methoxy groups -OCH3 is 2. The van der Waals surface area contributed by atoms with E-state index in [-0.39, 0.29) is 11.3 Å². The topological polar surface area (TPSA) is 82.1 Å². The maximum atomic E-state index is 12.4. The van der Waals surface area contributed by atoms with Gasteiger partial charge in [0, 0.05) is 12.5 Å². The summed E-state index contributed by atoms with van der Waals surface area (Å²) in [6, 6.07) is 8.58. The van der Waals surface area contributed by atoms with Crippen molar-refractivity contribution in [1.82, 2.24) is 0 Å². The van der Waals surface area contributed by atoms with Crippen LogP contribution in [0.3, 0.4) is 0 Å². The molecule has 6 nitrogen and oxygen atoms in total. The summed E-state index contributed by atoms with van der Waals surface area (Å²) >= 11 is 0. The van der Waals surface area contributed by atoms with E-state index in [4.69, 9.17) is 14.2 Å². The maximum Gasteiger partial charge on any atom is 0.342 e. The zero-order chi connectivity index (χ0) is 22.3. The van der Waals surface area contributed by atoms with E-state index < -0.39 is 11.9 Å². The van der Waals surface area contributed by atoms with Gasteiger partial charge in [-0.2, -0.15) is 0 Å². The molecule has 0 aliphatic rings. The smallest absolute Gasteiger partial charge is 0.342 e. The van der Waals surface area contributed by atoms with Gasteiger partial charge in [0.15, 0.2) is 0 Å². The van der Waals surface area contributed by atoms with Gasteiger partial charge in [0.1, 0.15) is 22.8 Å². The number of hydrogen-bond donors (Lipinski definition) is 1. The maximum absolute atomic E-state index is 12.4. The average molecular weight is 410 g/mol. The molecule has 0 fully saturated rings. The summed E-state index contributed by atoms with van der Waals surface area (Å²) in [6.45, 7) is 5.24. The fourth-order valence-corrected chi connectivity index (χ4v) is 2.84. The van der Waals surface area contributed by atoms with Gasteiger partial charge in [-0.25, -0.2) is 4.79 Å². The molecule has 6 heteroatoms. The summed E-state index contributed by atoms with van der Waals surface area (Å²) in [6.07, 6.45) is 5.83. The molecule has 0 spiro atoms. The van der Waals surface area contributed by atoms with Crippen LogP contribution < -0.4 is 9.47 Å². The Morgan fingerprint density at radius 1 is 1.03 bits per heavy atom. The molecule has 0 heterocycles. The second-order valence-corrected chi connectivity index (χ2v) is 6.84. The zero-order valence-electron chi connectivity index (χ0n) is 17.8.